The predicted octanol–water partition coefficient (Wildman–Crippen LogP) is 0.472. The molecule has 0 radical (unpaired) electrons. The molecular formula is C15H32N4O. The molecule has 5 nitrogen and oxygen atoms in total. The molecule has 0 aromatic carbocycles. The van der Waals surface area contributed by atoms with Crippen molar-refractivity contribution in [3.05, 3.63) is 0 Å². The first-order chi connectivity index (χ1) is 9.67. The van der Waals surface area contributed by atoms with Gasteiger partial charge < -0.3 is 15.1 Å². The molecule has 1 aliphatic rings. The van der Waals surface area contributed by atoms with Crippen LogP contribution < -0.4 is 5.32 Å². The number of rotatable bonds is 9. The summed E-state index contributed by atoms with van der Waals surface area (Å²) in [6.07, 6.45) is 1.65. The molecule has 0 atom stereocenters. The molecule has 5 heteroatoms. The van der Waals surface area contributed by atoms with Crippen LogP contribution in [0.5, 0.6) is 0 Å². The summed E-state index contributed by atoms with van der Waals surface area (Å²) in [7, 11) is 2.16. The second kappa shape index (κ2) is 10.1. The van der Waals surface area contributed by atoms with Gasteiger partial charge in [0.25, 0.3) is 0 Å². The lowest BCUT2D eigenvalue weighted by molar-refractivity contribution is -0.130. The number of likely N-dealkylation sites (N-methyl/N-ethyl adjacent to an activating group) is 1. The maximum absolute atomic E-state index is 11.9. The Hall–Kier alpha value is -0.650. The Morgan fingerprint density at radius 1 is 1.15 bits per heavy atom. The highest BCUT2D eigenvalue weighted by atomic mass is 16.2. The Kier molecular flexibility index (Phi) is 8.82. The van der Waals surface area contributed by atoms with E-state index in [0.717, 1.165) is 65.3 Å². The topological polar surface area (TPSA) is 38.8 Å². The molecule has 0 aromatic rings. The van der Waals surface area contributed by atoms with Gasteiger partial charge in [0.2, 0.25) is 5.91 Å². The van der Waals surface area contributed by atoms with Crippen LogP contribution in [0.15, 0.2) is 0 Å². The van der Waals surface area contributed by atoms with Crippen LogP contribution in [0, 0.1) is 0 Å². The number of nitrogens with zero attached hydrogens (tertiary/aromatic N) is 3. The minimum Gasteiger partial charge on any atom is -0.343 e. The van der Waals surface area contributed by atoms with E-state index in [1.165, 1.54) is 0 Å². The highest BCUT2D eigenvalue weighted by molar-refractivity contribution is 5.76. The van der Waals surface area contributed by atoms with Crippen molar-refractivity contribution in [3.8, 4) is 0 Å². The fourth-order valence-corrected chi connectivity index (χ4v) is 2.59. The average molecular weight is 284 g/mol. The Morgan fingerprint density at radius 3 is 2.40 bits per heavy atom. The molecule has 1 fully saturated rings. The van der Waals surface area contributed by atoms with E-state index in [1.807, 2.05) is 18.7 Å². The molecule has 1 heterocycles. The van der Waals surface area contributed by atoms with Crippen molar-refractivity contribution < 1.29 is 4.79 Å². The van der Waals surface area contributed by atoms with Crippen LogP contribution in [0.4, 0.5) is 0 Å². The van der Waals surface area contributed by atoms with Crippen LogP contribution in [0.1, 0.15) is 26.7 Å². The minimum atomic E-state index is 0.297. The zero-order valence-electron chi connectivity index (χ0n) is 13.5. The monoisotopic (exact) mass is 284 g/mol. The minimum absolute atomic E-state index is 0.297. The molecule has 0 aliphatic carbocycles. The molecule has 118 valence electrons. The first kappa shape index (κ1) is 17.4. The number of carbonyl (C=O) groups excluding carboxylic acids is 1. The fourth-order valence-electron chi connectivity index (χ4n) is 2.59. The normalized spacial score (nSPS) is 16.6. The third-order valence-electron chi connectivity index (χ3n) is 4.05. The summed E-state index contributed by atoms with van der Waals surface area (Å²) >= 11 is 0. The highest BCUT2D eigenvalue weighted by Gasteiger charge is 2.11. The van der Waals surface area contributed by atoms with Crippen LogP contribution in [-0.4, -0.2) is 86.6 Å². The van der Waals surface area contributed by atoms with Gasteiger partial charge in [-0.15, -0.1) is 0 Å². The van der Waals surface area contributed by atoms with Gasteiger partial charge in [-0.3, -0.25) is 9.69 Å². The first-order valence-electron chi connectivity index (χ1n) is 8.06. The van der Waals surface area contributed by atoms with Crippen molar-refractivity contribution >= 4 is 5.91 Å². The number of hydrogen-bond donors (Lipinski definition) is 1. The summed E-state index contributed by atoms with van der Waals surface area (Å²) < 4.78 is 0. The highest BCUT2D eigenvalue weighted by Crippen LogP contribution is 2.00. The largest absolute Gasteiger partial charge is 0.343 e. The van der Waals surface area contributed by atoms with E-state index < -0.39 is 0 Å². The lowest BCUT2D eigenvalue weighted by Gasteiger charge is -2.29. The van der Waals surface area contributed by atoms with E-state index in [4.69, 9.17) is 0 Å². The Morgan fingerprint density at radius 2 is 1.80 bits per heavy atom. The van der Waals surface area contributed by atoms with Gasteiger partial charge in [0.1, 0.15) is 0 Å². The summed E-state index contributed by atoms with van der Waals surface area (Å²) in [5, 5.41) is 3.37. The molecule has 1 saturated heterocycles. The second-order valence-corrected chi connectivity index (χ2v) is 5.56. The van der Waals surface area contributed by atoms with Gasteiger partial charge in [-0.25, -0.2) is 0 Å². The van der Waals surface area contributed by atoms with E-state index in [9.17, 15) is 4.79 Å². The van der Waals surface area contributed by atoms with Crippen LogP contribution in [0.2, 0.25) is 0 Å². The SMILES string of the molecule is CCN(CC)C(=O)CCCN(C)CCN1CCNCC1. The van der Waals surface area contributed by atoms with Gasteiger partial charge in [0.15, 0.2) is 0 Å². The summed E-state index contributed by atoms with van der Waals surface area (Å²) in [5.41, 5.74) is 0. The van der Waals surface area contributed by atoms with Crippen LogP contribution in [0.25, 0.3) is 0 Å². The number of hydrogen-bond acceptors (Lipinski definition) is 4. The van der Waals surface area contributed by atoms with Crippen molar-refractivity contribution in [3.63, 3.8) is 0 Å². The third kappa shape index (κ3) is 6.68. The maximum atomic E-state index is 11.9. The van der Waals surface area contributed by atoms with Crippen LogP contribution >= 0.6 is 0 Å². The standard InChI is InChI=1S/C15H32N4O/c1-4-19(5-2)15(20)7-6-10-17(3)13-14-18-11-8-16-9-12-18/h16H,4-14H2,1-3H3. The number of amides is 1. The van der Waals surface area contributed by atoms with E-state index >= 15 is 0 Å². The van der Waals surface area contributed by atoms with Crippen molar-refractivity contribution in [1.82, 2.24) is 20.0 Å². The van der Waals surface area contributed by atoms with Crippen molar-refractivity contribution in [1.29, 1.82) is 0 Å². The lowest BCUT2D eigenvalue weighted by Crippen LogP contribution is -2.46. The van der Waals surface area contributed by atoms with E-state index in [1.54, 1.807) is 0 Å². The average Bonchev–Trinajstić information content (AvgIpc) is 2.47. The van der Waals surface area contributed by atoms with Crippen molar-refractivity contribution in [2.45, 2.75) is 26.7 Å². The quantitative estimate of drug-likeness (QED) is 0.668. The molecule has 0 saturated carbocycles. The van der Waals surface area contributed by atoms with Gasteiger partial charge in [-0.2, -0.15) is 0 Å². The van der Waals surface area contributed by atoms with Gasteiger partial charge in [0, 0.05) is 58.8 Å². The molecular weight excluding hydrogens is 252 g/mol. The third-order valence-corrected chi connectivity index (χ3v) is 4.05. The predicted molar refractivity (Wildman–Crippen MR) is 84.0 cm³/mol. The summed E-state index contributed by atoms with van der Waals surface area (Å²) in [5.74, 6) is 0.297. The van der Waals surface area contributed by atoms with Gasteiger partial charge in [-0.05, 0) is 33.9 Å². The van der Waals surface area contributed by atoms with Crippen molar-refractivity contribution in [2.75, 3.05) is 66.0 Å². The van der Waals surface area contributed by atoms with Gasteiger partial charge >= 0.3 is 0 Å². The van der Waals surface area contributed by atoms with E-state index in [2.05, 4.69) is 22.2 Å². The molecule has 1 amide bonds. The molecule has 0 unspecified atom stereocenters. The zero-order valence-corrected chi connectivity index (χ0v) is 13.5. The molecule has 20 heavy (non-hydrogen) atoms. The smallest absolute Gasteiger partial charge is 0.222 e. The number of carbonyl (C=O) groups is 1. The zero-order chi connectivity index (χ0) is 14.8. The van der Waals surface area contributed by atoms with Gasteiger partial charge in [-0.1, -0.05) is 0 Å². The molecule has 1 rings (SSSR count). The van der Waals surface area contributed by atoms with E-state index in [0.29, 0.717) is 12.3 Å². The first-order valence-corrected chi connectivity index (χ1v) is 8.06. The Balaban J connectivity index is 2.07. The Bertz CT molecular complexity index is 263. The number of nitrogens with one attached hydrogen (secondary N) is 1. The molecule has 0 aromatic heterocycles. The molecule has 1 N–H and O–H groups in total. The molecule has 0 bridgehead atoms. The van der Waals surface area contributed by atoms with E-state index in [-0.39, 0.29) is 0 Å². The molecule has 1 aliphatic heterocycles. The summed E-state index contributed by atoms with van der Waals surface area (Å²) in [4.78, 5) is 18.7. The Labute approximate surface area is 124 Å². The van der Waals surface area contributed by atoms with Crippen LogP contribution in [-0.2, 0) is 4.79 Å². The summed E-state index contributed by atoms with van der Waals surface area (Å²) in [6, 6.07) is 0. The van der Waals surface area contributed by atoms with Crippen molar-refractivity contribution in [2.24, 2.45) is 0 Å². The lowest BCUT2D eigenvalue weighted by atomic mass is 10.2. The fraction of sp³-hybridized carbons (Fsp3) is 0.933. The second-order valence-electron chi connectivity index (χ2n) is 5.56. The maximum Gasteiger partial charge on any atom is 0.222 e. The van der Waals surface area contributed by atoms with Crippen LogP contribution in [0.3, 0.4) is 0 Å². The number of piperazine rings is 1. The summed E-state index contributed by atoms with van der Waals surface area (Å²) in [6.45, 7) is 13.5. The molecule has 0 spiro atoms. The van der Waals surface area contributed by atoms with Gasteiger partial charge in [0.05, 0.1) is 0 Å².